The van der Waals surface area contributed by atoms with E-state index in [9.17, 15) is 4.79 Å². The maximum absolute atomic E-state index is 11.9. The molecule has 128 valence electrons. The number of para-hydroxylation sites is 2. The Balaban J connectivity index is 1.48. The molecule has 6 heteroatoms. The number of amides is 1. The second kappa shape index (κ2) is 7.98. The highest BCUT2D eigenvalue weighted by molar-refractivity contribution is 7.99. The number of thioether (sulfide) groups is 1. The van der Waals surface area contributed by atoms with Gasteiger partial charge in [0, 0.05) is 0 Å². The average molecular weight is 353 g/mol. The number of hydrazone groups is 1. The van der Waals surface area contributed by atoms with Crippen molar-refractivity contribution in [3.8, 4) is 0 Å². The van der Waals surface area contributed by atoms with Crippen LogP contribution in [0.3, 0.4) is 0 Å². The summed E-state index contributed by atoms with van der Waals surface area (Å²) in [7, 11) is 0. The van der Waals surface area contributed by atoms with Gasteiger partial charge in [-0.2, -0.15) is 5.10 Å². The van der Waals surface area contributed by atoms with Crippen molar-refractivity contribution in [2.24, 2.45) is 5.10 Å². The first-order valence-corrected chi connectivity index (χ1v) is 9.00. The highest BCUT2D eigenvalue weighted by Crippen LogP contribution is 2.22. The second-order valence-corrected chi connectivity index (χ2v) is 6.78. The summed E-state index contributed by atoms with van der Waals surface area (Å²) in [6, 6.07) is 15.6. The Bertz CT molecular complexity index is 852. The van der Waals surface area contributed by atoms with Crippen LogP contribution in [0.5, 0.6) is 0 Å². The van der Waals surface area contributed by atoms with Gasteiger partial charge in [-0.25, -0.2) is 10.4 Å². The lowest BCUT2D eigenvalue weighted by molar-refractivity contribution is -0.118. The molecule has 0 saturated carbocycles. The SMILES string of the molecule is CC(C)c1ccc(/C=N\NC(=O)CSc2nc3ccccc3o2)cc1. The summed E-state index contributed by atoms with van der Waals surface area (Å²) >= 11 is 1.24. The van der Waals surface area contributed by atoms with E-state index in [1.807, 2.05) is 36.4 Å². The van der Waals surface area contributed by atoms with Gasteiger partial charge >= 0.3 is 0 Å². The molecule has 0 spiro atoms. The molecule has 1 aromatic heterocycles. The maximum Gasteiger partial charge on any atom is 0.257 e. The fourth-order valence-corrected chi connectivity index (χ4v) is 2.85. The molecular formula is C19H19N3O2S. The van der Waals surface area contributed by atoms with Crippen molar-refractivity contribution in [1.29, 1.82) is 0 Å². The van der Waals surface area contributed by atoms with Gasteiger partial charge in [0.2, 0.25) is 0 Å². The van der Waals surface area contributed by atoms with Crippen LogP contribution >= 0.6 is 11.8 Å². The number of hydrogen-bond acceptors (Lipinski definition) is 5. The molecule has 1 heterocycles. The maximum atomic E-state index is 11.9. The predicted molar refractivity (Wildman–Crippen MR) is 101 cm³/mol. The third-order valence-corrected chi connectivity index (χ3v) is 4.44. The molecule has 0 aliphatic rings. The van der Waals surface area contributed by atoms with Crippen LogP contribution in [0.4, 0.5) is 0 Å². The molecule has 0 aliphatic carbocycles. The van der Waals surface area contributed by atoms with E-state index in [4.69, 9.17) is 4.42 Å². The van der Waals surface area contributed by atoms with Gasteiger partial charge in [-0.15, -0.1) is 0 Å². The molecule has 0 saturated heterocycles. The van der Waals surface area contributed by atoms with Crippen molar-refractivity contribution < 1.29 is 9.21 Å². The Morgan fingerprint density at radius 3 is 2.72 bits per heavy atom. The van der Waals surface area contributed by atoms with Crippen molar-refractivity contribution in [3.05, 3.63) is 59.7 Å². The van der Waals surface area contributed by atoms with Crippen molar-refractivity contribution in [2.45, 2.75) is 25.0 Å². The van der Waals surface area contributed by atoms with E-state index in [2.05, 4.69) is 41.5 Å². The highest BCUT2D eigenvalue weighted by atomic mass is 32.2. The van der Waals surface area contributed by atoms with Gasteiger partial charge in [0.1, 0.15) is 5.52 Å². The van der Waals surface area contributed by atoms with Gasteiger partial charge in [-0.05, 0) is 29.2 Å². The number of oxazole rings is 1. The Kier molecular flexibility index (Phi) is 5.50. The van der Waals surface area contributed by atoms with Gasteiger partial charge in [0.15, 0.2) is 5.58 Å². The fraction of sp³-hybridized carbons (Fsp3) is 0.211. The molecule has 1 amide bonds. The molecule has 0 aliphatic heterocycles. The summed E-state index contributed by atoms with van der Waals surface area (Å²) in [5.41, 5.74) is 6.23. The standard InChI is InChI=1S/C19H19N3O2S/c1-13(2)15-9-7-14(8-10-15)11-20-22-18(23)12-25-19-21-16-5-3-4-6-17(16)24-19/h3-11,13H,12H2,1-2H3,(H,22,23)/b20-11-. The minimum absolute atomic E-state index is 0.191. The van der Waals surface area contributed by atoms with E-state index < -0.39 is 0 Å². The van der Waals surface area contributed by atoms with Gasteiger partial charge in [0.05, 0.1) is 12.0 Å². The minimum atomic E-state index is -0.206. The van der Waals surface area contributed by atoms with Gasteiger partial charge < -0.3 is 4.42 Å². The number of fused-ring (bicyclic) bond motifs is 1. The van der Waals surface area contributed by atoms with Crippen LogP contribution in [0.1, 0.15) is 30.9 Å². The lowest BCUT2D eigenvalue weighted by Gasteiger charge is -2.04. The molecule has 0 fully saturated rings. The van der Waals surface area contributed by atoms with Crippen molar-refractivity contribution in [3.63, 3.8) is 0 Å². The summed E-state index contributed by atoms with van der Waals surface area (Å²) in [5.74, 6) is 0.480. The number of hydrogen-bond donors (Lipinski definition) is 1. The normalized spacial score (nSPS) is 11.5. The van der Waals surface area contributed by atoms with E-state index in [1.165, 1.54) is 17.3 Å². The number of benzene rings is 2. The topological polar surface area (TPSA) is 67.5 Å². The molecule has 0 unspecified atom stereocenters. The average Bonchev–Trinajstić information content (AvgIpc) is 3.03. The first kappa shape index (κ1) is 17.2. The van der Waals surface area contributed by atoms with Gasteiger partial charge in [0.25, 0.3) is 11.1 Å². The second-order valence-electron chi connectivity index (χ2n) is 5.85. The van der Waals surface area contributed by atoms with Crippen molar-refractivity contribution in [2.75, 3.05) is 5.75 Å². The van der Waals surface area contributed by atoms with Crippen LogP contribution in [0.25, 0.3) is 11.1 Å². The number of carbonyl (C=O) groups excluding carboxylic acids is 1. The van der Waals surface area contributed by atoms with Gasteiger partial charge in [-0.3, -0.25) is 4.79 Å². The quantitative estimate of drug-likeness (QED) is 0.410. The van der Waals surface area contributed by atoms with Crippen LogP contribution in [-0.4, -0.2) is 22.9 Å². The fourth-order valence-electron chi connectivity index (χ4n) is 2.22. The molecule has 1 N–H and O–H groups in total. The van der Waals surface area contributed by atoms with E-state index in [0.29, 0.717) is 16.7 Å². The van der Waals surface area contributed by atoms with E-state index in [-0.39, 0.29) is 11.7 Å². The zero-order chi connectivity index (χ0) is 17.6. The molecule has 0 radical (unpaired) electrons. The summed E-state index contributed by atoms with van der Waals surface area (Å²) in [6.45, 7) is 4.30. The van der Waals surface area contributed by atoms with Crippen LogP contribution in [0, 0.1) is 0 Å². The number of carbonyl (C=O) groups is 1. The summed E-state index contributed by atoms with van der Waals surface area (Å²) in [6.07, 6.45) is 1.63. The Labute approximate surface area is 150 Å². The molecule has 3 rings (SSSR count). The zero-order valence-electron chi connectivity index (χ0n) is 14.1. The highest BCUT2D eigenvalue weighted by Gasteiger charge is 2.08. The lowest BCUT2D eigenvalue weighted by Crippen LogP contribution is -2.19. The Morgan fingerprint density at radius 2 is 2.00 bits per heavy atom. The number of aromatic nitrogens is 1. The molecule has 0 atom stereocenters. The van der Waals surface area contributed by atoms with Gasteiger partial charge in [-0.1, -0.05) is 62.0 Å². The number of nitrogens with one attached hydrogen (secondary N) is 1. The zero-order valence-corrected chi connectivity index (χ0v) is 14.9. The summed E-state index contributed by atoms with van der Waals surface area (Å²) in [4.78, 5) is 16.2. The molecule has 2 aromatic carbocycles. The lowest BCUT2D eigenvalue weighted by atomic mass is 10.0. The third-order valence-electron chi connectivity index (χ3n) is 3.61. The Morgan fingerprint density at radius 1 is 1.24 bits per heavy atom. The van der Waals surface area contributed by atoms with E-state index in [0.717, 1.165) is 11.1 Å². The smallest absolute Gasteiger partial charge is 0.257 e. The molecule has 3 aromatic rings. The first-order valence-electron chi connectivity index (χ1n) is 8.02. The summed E-state index contributed by atoms with van der Waals surface area (Å²) in [5, 5.41) is 4.46. The summed E-state index contributed by atoms with van der Waals surface area (Å²) < 4.78 is 5.56. The molecule has 0 bridgehead atoms. The number of rotatable bonds is 6. The number of nitrogens with zero attached hydrogens (tertiary/aromatic N) is 2. The van der Waals surface area contributed by atoms with Crippen LogP contribution in [0.2, 0.25) is 0 Å². The molecule has 25 heavy (non-hydrogen) atoms. The molecular weight excluding hydrogens is 334 g/mol. The third kappa shape index (κ3) is 4.70. The molecule has 5 nitrogen and oxygen atoms in total. The first-order chi connectivity index (χ1) is 12.1. The predicted octanol–water partition coefficient (Wildman–Crippen LogP) is 4.19. The van der Waals surface area contributed by atoms with E-state index >= 15 is 0 Å². The van der Waals surface area contributed by atoms with Crippen molar-refractivity contribution >= 4 is 35.0 Å². The van der Waals surface area contributed by atoms with Crippen LogP contribution in [-0.2, 0) is 4.79 Å². The minimum Gasteiger partial charge on any atom is -0.431 e. The largest absolute Gasteiger partial charge is 0.431 e. The van der Waals surface area contributed by atoms with Crippen molar-refractivity contribution in [1.82, 2.24) is 10.4 Å². The monoisotopic (exact) mass is 353 g/mol. The Hall–Kier alpha value is -2.60. The van der Waals surface area contributed by atoms with E-state index in [1.54, 1.807) is 6.21 Å². The van der Waals surface area contributed by atoms with Crippen LogP contribution < -0.4 is 5.43 Å². The van der Waals surface area contributed by atoms with Crippen LogP contribution in [0.15, 0.2) is 63.3 Å².